The van der Waals surface area contributed by atoms with Crippen molar-refractivity contribution in [3.05, 3.63) is 66.4 Å². The molecule has 2 N–H and O–H groups in total. The van der Waals surface area contributed by atoms with E-state index in [1.165, 1.54) is 35.0 Å². The fourth-order valence-corrected chi connectivity index (χ4v) is 3.03. The SMILES string of the molecule is NS(=O)(=O)c1ccc(-n2nc(CC(F)(F)F)cc2-c2ccccc2)cc1. The molecular formula is C17H14F3N3O2S. The second-order valence-electron chi connectivity index (χ2n) is 5.63. The molecule has 1 heterocycles. The van der Waals surface area contributed by atoms with Crippen LogP contribution in [0.25, 0.3) is 16.9 Å². The van der Waals surface area contributed by atoms with Gasteiger partial charge in [-0.05, 0) is 30.3 Å². The Labute approximate surface area is 147 Å². The lowest BCUT2D eigenvalue weighted by Crippen LogP contribution is -2.13. The largest absolute Gasteiger partial charge is 0.394 e. The van der Waals surface area contributed by atoms with E-state index in [0.29, 0.717) is 16.9 Å². The Morgan fingerprint density at radius 1 is 1.00 bits per heavy atom. The molecule has 0 fully saturated rings. The molecule has 0 aliphatic heterocycles. The van der Waals surface area contributed by atoms with E-state index in [1.54, 1.807) is 30.3 Å². The molecule has 0 bridgehead atoms. The minimum Gasteiger partial charge on any atom is -0.233 e. The third kappa shape index (κ3) is 4.12. The first kappa shape index (κ1) is 18.2. The topological polar surface area (TPSA) is 78.0 Å². The molecule has 2 aromatic carbocycles. The number of hydrogen-bond acceptors (Lipinski definition) is 3. The monoisotopic (exact) mass is 381 g/mol. The van der Waals surface area contributed by atoms with Crippen LogP contribution in [0.4, 0.5) is 13.2 Å². The first-order valence-corrected chi connectivity index (χ1v) is 9.02. The number of alkyl halides is 3. The average Bonchev–Trinajstić information content (AvgIpc) is 2.97. The molecule has 26 heavy (non-hydrogen) atoms. The zero-order valence-corrected chi connectivity index (χ0v) is 14.1. The van der Waals surface area contributed by atoms with Crippen molar-refractivity contribution in [2.24, 2.45) is 5.14 Å². The molecule has 0 saturated carbocycles. The number of hydrogen-bond donors (Lipinski definition) is 1. The molecule has 3 rings (SSSR count). The molecule has 3 aromatic rings. The Balaban J connectivity index is 2.10. The van der Waals surface area contributed by atoms with Gasteiger partial charge in [0.2, 0.25) is 10.0 Å². The zero-order valence-electron chi connectivity index (χ0n) is 13.3. The van der Waals surface area contributed by atoms with Crippen LogP contribution in [0.15, 0.2) is 65.6 Å². The van der Waals surface area contributed by atoms with Gasteiger partial charge in [0.15, 0.2) is 0 Å². The van der Waals surface area contributed by atoms with Gasteiger partial charge < -0.3 is 0 Å². The molecule has 1 aromatic heterocycles. The Morgan fingerprint density at radius 2 is 1.62 bits per heavy atom. The summed E-state index contributed by atoms with van der Waals surface area (Å²) in [4.78, 5) is -0.0924. The van der Waals surface area contributed by atoms with E-state index in [4.69, 9.17) is 5.14 Å². The molecule has 0 saturated heterocycles. The highest BCUT2D eigenvalue weighted by atomic mass is 32.2. The predicted octanol–water partition coefficient (Wildman–Crippen LogP) is 3.29. The van der Waals surface area contributed by atoms with Crippen molar-refractivity contribution in [3.8, 4) is 16.9 Å². The maximum atomic E-state index is 12.7. The first-order valence-electron chi connectivity index (χ1n) is 7.48. The smallest absolute Gasteiger partial charge is 0.233 e. The minimum atomic E-state index is -4.38. The molecular weight excluding hydrogens is 367 g/mol. The zero-order chi connectivity index (χ0) is 18.9. The maximum absolute atomic E-state index is 12.7. The first-order chi connectivity index (χ1) is 12.1. The molecule has 0 aliphatic rings. The van der Waals surface area contributed by atoms with E-state index < -0.39 is 22.6 Å². The quantitative estimate of drug-likeness (QED) is 0.753. The summed E-state index contributed by atoms with van der Waals surface area (Å²) >= 11 is 0. The van der Waals surface area contributed by atoms with Gasteiger partial charge >= 0.3 is 6.18 Å². The highest BCUT2D eigenvalue weighted by Crippen LogP contribution is 2.28. The summed E-state index contributed by atoms with van der Waals surface area (Å²) in [5.74, 6) is 0. The molecule has 0 unspecified atom stereocenters. The van der Waals surface area contributed by atoms with Crippen molar-refractivity contribution in [1.29, 1.82) is 0 Å². The summed E-state index contributed by atoms with van der Waals surface area (Å²) < 4.78 is 62.3. The number of halogens is 3. The van der Waals surface area contributed by atoms with Crippen molar-refractivity contribution in [1.82, 2.24) is 9.78 Å². The standard InChI is InChI=1S/C17H14F3N3O2S/c18-17(19,20)11-13-10-16(12-4-2-1-3-5-12)23(22-13)14-6-8-15(9-7-14)26(21,24)25/h1-10H,11H2,(H2,21,24,25). The van der Waals surface area contributed by atoms with Gasteiger partial charge in [-0.2, -0.15) is 18.3 Å². The van der Waals surface area contributed by atoms with Gasteiger partial charge in [-0.1, -0.05) is 30.3 Å². The predicted molar refractivity (Wildman–Crippen MR) is 90.1 cm³/mol. The van der Waals surface area contributed by atoms with E-state index in [1.807, 2.05) is 0 Å². The number of primary sulfonamides is 1. The second-order valence-corrected chi connectivity index (χ2v) is 7.19. The van der Waals surface area contributed by atoms with Crippen molar-refractivity contribution in [2.75, 3.05) is 0 Å². The van der Waals surface area contributed by atoms with Crippen LogP contribution >= 0.6 is 0 Å². The second kappa shape index (κ2) is 6.58. The van der Waals surface area contributed by atoms with Crippen LogP contribution in [0, 0.1) is 0 Å². The Morgan fingerprint density at radius 3 is 2.15 bits per heavy atom. The average molecular weight is 381 g/mol. The third-order valence-corrected chi connectivity index (χ3v) is 4.55. The summed E-state index contributed by atoms with van der Waals surface area (Å²) in [5.41, 5.74) is 1.44. The number of nitrogens with two attached hydrogens (primary N) is 1. The van der Waals surface area contributed by atoms with Crippen LogP contribution in [0.3, 0.4) is 0 Å². The number of benzene rings is 2. The molecule has 9 heteroatoms. The van der Waals surface area contributed by atoms with Gasteiger partial charge in [-0.3, -0.25) is 0 Å². The minimum absolute atomic E-state index is 0.0924. The van der Waals surface area contributed by atoms with Gasteiger partial charge in [0.25, 0.3) is 0 Å². The Hall–Kier alpha value is -2.65. The lowest BCUT2D eigenvalue weighted by atomic mass is 10.1. The number of aromatic nitrogens is 2. The molecule has 0 aliphatic carbocycles. The van der Waals surface area contributed by atoms with Gasteiger partial charge in [0.1, 0.15) is 0 Å². The summed E-state index contributed by atoms with van der Waals surface area (Å²) in [7, 11) is -3.86. The van der Waals surface area contributed by atoms with Crippen LogP contribution in [-0.2, 0) is 16.4 Å². The third-order valence-electron chi connectivity index (χ3n) is 3.62. The van der Waals surface area contributed by atoms with Crippen molar-refractivity contribution >= 4 is 10.0 Å². The molecule has 0 radical (unpaired) electrons. The van der Waals surface area contributed by atoms with Gasteiger partial charge in [-0.15, -0.1) is 0 Å². The molecule has 5 nitrogen and oxygen atoms in total. The lowest BCUT2D eigenvalue weighted by Gasteiger charge is -2.08. The van der Waals surface area contributed by atoms with Crippen LogP contribution in [0.1, 0.15) is 5.69 Å². The number of rotatable bonds is 4. The van der Waals surface area contributed by atoms with E-state index >= 15 is 0 Å². The normalized spacial score (nSPS) is 12.3. The Bertz CT molecular complexity index is 1010. The van der Waals surface area contributed by atoms with E-state index in [9.17, 15) is 21.6 Å². The summed E-state index contributed by atoms with van der Waals surface area (Å²) in [6.07, 6.45) is -5.54. The van der Waals surface area contributed by atoms with Crippen LogP contribution in [-0.4, -0.2) is 24.4 Å². The van der Waals surface area contributed by atoms with Gasteiger partial charge in [0, 0.05) is 5.56 Å². The summed E-state index contributed by atoms with van der Waals surface area (Å²) in [6, 6.07) is 15.6. The Kier molecular flexibility index (Phi) is 4.59. The van der Waals surface area contributed by atoms with Crippen LogP contribution in [0.2, 0.25) is 0 Å². The summed E-state index contributed by atoms with van der Waals surface area (Å²) in [6.45, 7) is 0. The molecule has 0 spiro atoms. The van der Waals surface area contributed by atoms with Crippen LogP contribution in [0.5, 0.6) is 0 Å². The molecule has 136 valence electrons. The van der Waals surface area contributed by atoms with Crippen molar-refractivity contribution < 1.29 is 21.6 Å². The van der Waals surface area contributed by atoms with E-state index in [0.717, 1.165) is 0 Å². The van der Waals surface area contributed by atoms with Crippen molar-refractivity contribution in [2.45, 2.75) is 17.5 Å². The number of nitrogens with zero attached hydrogens (tertiary/aromatic N) is 2. The maximum Gasteiger partial charge on any atom is 0.394 e. The summed E-state index contributed by atoms with van der Waals surface area (Å²) in [5, 5.41) is 9.11. The van der Waals surface area contributed by atoms with E-state index in [2.05, 4.69) is 5.10 Å². The van der Waals surface area contributed by atoms with E-state index in [-0.39, 0.29) is 10.6 Å². The lowest BCUT2D eigenvalue weighted by molar-refractivity contribution is -0.127. The molecule has 0 atom stereocenters. The fourth-order valence-electron chi connectivity index (χ4n) is 2.51. The van der Waals surface area contributed by atoms with Crippen LogP contribution < -0.4 is 5.14 Å². The fraction of sp³-hybridized carbons (Fsp3) is 0.118. The number of sulfonamides is 1. The van der Waals surface area contributed by atoms with Gasteiger partial charge in [0.05, 0.1) is 28.4 Å². The highest BCUT2D eigenvalue weighted by molar-refractivity contribution is 7.89. The molecule has 0 amide bonds. The highest BCUT2D eigenvalue weighted by Gasteiger charge is 2.30. The van der Waals surface area contributed by atoms with Crippen molar-refractivity contribution in [3.63, 3.8) is 0 Å². The van der Waals surface area contributed by atoms with Gasteiger partial charge in [-0.25, -0.2) is 18.2 Å².